The molecule has 2 heterocycles. The third-order valence-electron chi connectivity index (χ3n) is 4.90. The van der Waals surface area contributed by atoms with E-state index in [1.54, 1.807) is 11.3 Å². The quantitative estimate of drug-likeness (QED) is 0.483. The Hall–Kier alpha value is -2.77. The summed E-state index contributed by atoms with van der Waals surface area (Å²) >= 11 is 1.70. The van der Waals surface area contributed by atoms with Crippen molar-refractivity contribution in [3.8, 4) is 0 Å². The number of aromatic nitrogens is 3. The van der Waals surface area contributed by atoms with Crippen LogP contribution in [0.3, 0.4) is 0 Å². The Morgan fingerprint density at radius 1 is 1.07 bits per heavy atom. The van der Waals surface area contributed by atoms with Crippen LogP contribution in [-0.4, -0.2) is 35.1 Å². The number of nitrogens with zero attached hydrogens (tertiary/aromatic N) is 4. The molecule has 0 radical (unpaired) electrons. The molecule has 1 N–H and O–H groups in total. The van der Waals surface area contributed by atoms with Crippen molar-refractivity contribution in [1.82, 2.24) is 10.3 Å². The van der Waals surface area contributed by atoms with Gasteiger partial charge in [-0.15, -0.1) is 0 Å². The van der Waals surface area contributed by atoms with Crippen LogP contribution in [0, 0.1) is 0 Å². The first-order valence-electron chi connectivity index (χ1n) is 9.47. The molecule has 2 aromatic carbocycles. The van der Waals surface area contributed by atoms with Gasteiger partial charge in [0.15, 0.2) is 12.1 Å². The van der Waals surface area contributed by atoms with Gasteiger partial charge in [-0.1, -0.05) is 29.5 Å². The zero-order valence-electron chi connectivity index (χ0n) is 16.0. The highest BCUT2D eigenvalue weighted by Crippen LogP contribution is 2.29. The molecule has 0 aliphatic rings. The van der Waals surface area contributed by atoms with Gasteiger partial charge in [-0.3, -0.25) is 0 Å². The maximum atomic E-state index is 9.47. The highest BCUT2D eigenvalue weighted by molar-refractivity contribution is 7.18. The average Bonchev–Trinajstić information content (AvgIpc) is 3.34. The van der Waals surface area contributed by atoms with Crippen LogP contribution in [0.4, 0.5) is 5.69 Å². The number of anilines is 1. The van der Waals surface area contributed by atoms with Gasteiger partial charge < -0.3 is 10.0 Å². The molecule has 0 spiro atoms. The first kappa shape index (κ1) is 18.6. The molecule has 0 saturated carbocycles. The Bertz CT molecular complexity index is 1130. The van der Waals surface area contributed by atoms with Crippen molar-refractivity contribution >= 4 is 50.4 Å². The second-order valence-electron chi connectivity index (χ2n) is 6.42. The number of para-hydroxylation sites is 1. The van der Waals surface area contributed by atoms with Gasteiger partial charge >= 0.3 is 0 Å². The predicted molar refractivity (Wildman–Crippen MR) is 113 cm³/mol. The van der Waals surface area contributed by atoms with E-state index in [4.69, 9.17) is 4.63 Å². The zero-order valence-corrected chi connectivity index (χ0v) is 16.8. The van der Waals surface area contributed by atoms with Gasteiger partial charge in [0, 0.05) is 30.8 Å². The number of aliphatic hydroxyl groups is 1. The molecular formula is C21H23N4O2S+. The monoisotopic (exact) mass is 395 g/mol. The van der Waals surface area contributed by atoms with E-state index in [1.807, 2.05) is 18.2 Å². The fraction of sp³-hybridized carbons (Fsp3) is 0.286. The smallest absolute Gasteiger partial charge is 0.262 e. The Labute approximate surface area is 167 Å². The van der Waals surface area contributed by atoms with Gasteiger partial charge in [0.05, 0.1) is 5.69 Å². The van der Waals surface area contributed by atoms with Crippen molar-refractivity contribution in [2.45, 2.75) is 20.4 Å². The number of fused-ring (bicyclic) bond motifs is 2. The molecule has 28 heavy (non-hydrogen) atoms. The third kappa shape index (κ3) is 3.27. The molecule has 0 atom stereocenters. The number of hydrogen-bond acceptors (Lipinski definition) is 6. The largest absolute Gasteiger partial charge is 0.390 e. The van der Waals surface area contributed by atoms with Crippen molar-refractivity contribution in [1.29, 1.82) is 0 Å². The summed E-state index contributed by atoms with van der Waals surface area (Å²) in [5.41, 5.74) is 4.67. The van der Waals surface area contributed by atoms with E-state index in [0.717, 1.165) is 45.9 Å². The van der Waals surface area contributed by atoms with Crippen LogP contribution in [0.25, 0.3) is 33.4 Å². The van der Waals surface area contributed by atoms with E-state index in [9.17, 15) is 5.11 Å². The SMILES string of the molecule is CCN(CC)c1ccc(/C=C/c2sc3ccccc3[n+]2CCO)c2nonc12. The molecule has 6 nitrogen and oxygen atoms in total. The zero-order chi connectivity index (χ0) is 19.5. The fourth-order valence-electron chi connectivity index (χ4n) is 3.50. The Morgan fingerprint density at radius 2 is 1.86 bits per heavy atom. The van der Waals surface area contributed by atoms with Crippen LogP contribution >= 0.6 is 11.3 Å². The number of rotatable bonds is 7. The molecule has 0 bridgehead atoms. The van der Waals surface area contributed by atoms with E-state index in [-0.39, 0.29) is 6.61 Å². The van der Waals surface area contributed by atoms with E-state index >= 15 is 0 Å². The summed E-state index contributed by atoms with van der Waals surface area (Å²) in [7, 11) is 0. The van der Waals surface area contributed by atoms with Crippen LogP contribution in [-0.2, 0) is 6.54 Å². The number of benzene rings is 2. The summed E-state index contributed by atoms with van der Waals surface area (Å²) in [6, 6.07) is 12.4. The normalized spacial score (nSPS) is 11.8. The Morgan fingerprint density at radius 3 is 2.64 bits per heavy atom. The van der Waals surface area contributed by atoms with Gasteiger partial charge in [-0.05, 0) is 42.4 Å². The van der Waals surface area contributed by atoms with Crippen LogP contribution in [0.5, 0.6) is 0 Å². The summed E-state index contributed by atoms with van der Waals surface area (Å²) in [5.74, 6) is 0. The van der Waals surface area contributed by atoms with Crippen molar-refractivity contribution in [2.75, 3.05) is 24.6 Å². The maximum absolute atomic E-state index is 9.47. The third-order valence-corrected chi connectivity index (χ3v) is 6.03. The highest BCUT2D eigenvalue weighted by Gasteiger charge is 2.18. The van der Waals surface area contributed by atoms with E-state index in [2.05, 4.69) is 64.0 Å². The van der Waals surface area contributed by atoms with Crippen LogP contribution < -0.4 is 9.47 Å². The second kappa shape index (κ2) is 8.08. The number of thiazole rings is 1. The van der Waals surface area contributed by atoms with E-state index < -0.39 is 0 Å². The van der Waals surface area contributed by atoms with Gasteiger partial charge in [0.2, 0.25) is 5.52 Å². The molecular weight excluding hydrogens is 372 g/mol. The molecule has 0 saturated heterocycles. The van der Waals surface area contributed by atoms with Crippen molar-refractivity contribution in [3.63, 3.8) is 0 Å². The van der Waals surface area contributed by atoms with Gasteiger partial charge in [0.1, 0.15) is 16.8 Å². The molecule has 0 fully saturated rings. The summed E-state index contributed by atoms with van der Waals surface area (Å²) < 4.78 is 8.38. The first-order chi connectivity index (χ1) is 13.8. The molecule has 0 unspecified atom stereocenters. The second-order valence-corrected chi connectivity index (χ2v) is 7.49. The summed E-state index contributed by atoms with van der Waals surface area (Å²) in [5, 5.41) is 18.8. The van der Waals surface area contributed by atoms with Crippen LogP contribution in [0.2, 0.25) is 0 Å². The highest BCUT2D eigenvalue weighted by atomic mass is 32.1. The van der Waals surface area contributed by atoms with Crippen molar-refractivity contribution in [2.24, 2.45) is 0 Å². The standard InChI is InChI=1S/C21H23N4O2S/c1-3-24(4-2)17-11-9-15(20-21(17)23-27-22-20)10-12-19-25(13-14-26)16-7-5-6-8-18(16)28-19/h5-12,26H,3-4,13-14H2,1-2H3/q+1. The molecule has 4 rings (SSSR count). The lowest BCUT2D eigenvalue weighted by Gasteiger charge is -2.20. The molecule has 2 aromatic heterocycles. The Balaban J connectivity index is 1.76. The lowest BCUT2D eigenvalue weighted by molar-refractivity contribution is -0.670. The average molecular weight is 396 g/mol. The number of hydrogen-bond donors (Lipinski definition) is 1. The Kier molecular flexibility index (Phi) is 5.36. The minimum absolute atomic E-state index is 0.0995. The van der Waals surface area contributed by atoms with Crippen molar-refractivity contribution in [3.05, 3.63) is 47.0 Å². The summed E-state index contributed by atoms with van der Waals surface area (Å²) in [6.45, 7) is 6.71. The summed E-state index contributed by atoms with van der Waals surface area (Å²) in [4.78, 5) is 2.24. The lowest BCUT2D eigenvalue weighted by atomic mass is 10.1. The molecule has 0 aliphatic carbocycles. The molecule has 144 valence electrons. The first-order valence-corrected chi connectivity index (χ1v) is 10.3. The molecule has 7 heteroatoms. The maximum Gasteiger partial charge on any atom is 0.262 e. The minimum Gasteiger partial charge on any atom is -0.390 e. The lowest BCUT2D eigenvalue weighted by Crippen LogP contribution is -2.36. The summed E-state index contributed by atoms with van der Waals surface area (Å²) in [6.07, 6.45) is 4.11. The van der Waals surface area contributed by atoms with Crippen molar-refractivity contribution < 1.29 is 14.3 Å². The van der Waals surface area contributed by atoms with E-state index in [1.165, 1.54) is 4.70 Å². The van der Waals surface area contributed by atoms with Gasteiger partial charge in [0.25, 0.3) is 5.01 Å². The van der Waals surface area contributed by atoms with Gasteiger partial charge in [-0.2, -0.15) is 4.57 Å². The number of aliphatic hydroxyl groups excluding tert-OH is 1. The minimum atomic E-state index is 0.0995. The van der Waals surface area contributed by atoms with Gasteiger partial charge in [-0.25, -0.2) is 4.63 Å². The topological polar surface area (TPSA) is 66.3 Å². The van der Waals surface area contributed by atoms with Crippen LogP contribution in [0.1, 0.15) is 24.4 Å². The van der Waals surface area contributed by atoms with E-state index in [0.29, 0.717) is 6.54 Å². The molecule has 0 aliphatic heterocycles. The molecule has 4 aromatic rings. The van der Waals surface area contributed by atoms with Crippen LogP contribution in [0.15, 0.2) is 41.0 Å². The predicted octanol–water partition coefficient (Wildman–Crippen LogP) is 3.73. The molecule has 0 amide bonds. The fourth-order valence-corrected chi connectivity index (χ4v) is 4.59.